The Kier molecular flexibility index (Phi) is 16.5. The Labute approximate surface area is 258 Å². The molecule has 0 bridgehead atoms. The number of likely N-dealkylation sites (N-methyl/N-ethyl adjacent to an activating group) is 1. The van der Waals surface area contributed by atoms with Crippen LogP contribution < -0.4 is 0 Å². The lowest BCUT2D eigenvalue weighted by atomic mass is 9.79. The molecule has 3 N–H and O–H groups in total. The van der Waals surface area contributed by atoms with Crippen molar-refractivity contribution in [3.63, 3.8) is 0 Å². The summed E-state index contributed by atoms with van der Waals surface area (Å²) < 4.78 is 18.4. The molecule has 0 saturated carbocycles. The van der Waals surface area contributed by atoms with E-state index in [4.69, 9.17) is 14.2 Å². The summed E-state index contributed by atoms with van der Waals surface area (Å²) in [6.07, 6.45) is 1.69. The first kappa shape index (κ1) is 39.1. The third kappa shape index (κ3) is 10.6. The number of carbonyl (C=O) groups excluding carboxylic acids is 3. The van der Waals surface area contributed by atoms with Crippen molar-refractivity contribution in [3.8, 4) is 0 Å². The summed E-state index contributed by atoms with van der Waals surface area (Å²) in [6, 6.07) is -0.267. The van der Waals surface area contributed by atoms with Gasteiger partial charge in [-0.3, -0.25) is 9.59 Å². The summed E-state index contributed by atoms with van der Waals surface area (Å²) in [5.74, 6) is -3.02. The second-order valence-corrected chi connectivity index (χ2v) is 12.5. The summed E-state index contributed by atoms with van der Waals surface area (Å²) in [5.41, 5.74) is 0.741. The molecule has 0 aromatic heterocycles. The van der Waals surface area contributed by atoms with E-state index in [2.05, 4.69) is 0 Å². The molecule has 43 heavy (non-hydrogen) atoms. The van der Waals surface area contributed by atoms with E-state index >= 15 is 0 Å². The predicted octanol–water partition coefficient (Wildman–Crippen LogP) is 3.31. The van der Waals surface area contributed by atoms with Crippen LogP contribution in [0.25, 0.3) is 0 Å². The molecule has 10 nitrogen and oxygen atoms in total. The first-order valence-electron chi connectivity index (χ1n) is 15.2. The van der Waals surface area contributed by atoms with E-state index in [1.165, 1.54) is 6.08 Å². The fraction of sp³-hybridized carbons (Fsp3) is 0.788. The van der Waals surface area contributed by atoms with Gasteiger partial charge in [-0.25, -0.2) is 0 Å². The molecule has 2 aliphatic heterocycles. The van der Waals surface area contributed by atoms with Crippen LogP contribution in [-0.4, -0.2) is 102 Å². The number of nitrogens with zero attached hydrogens (tertiary/aromatic N) is 1. The average Bonchev–Trinajstić information content (AvgIpc) is 2.93. The molecule has 0 aliphatic carbocycles. The minimum Gasteiger partial charge on any atom is -0.462 e. The first-order chi connectivity index (χ1) is 19.7. The highest BCUT2D eigenvalue weighted by atomic mass is 16.7. The number of carbonyl (C=O) groups is 3. The van der Waals surface area contributed by atoms with E-state index in [0.717, 1.165) is 11.9 Å². The summed E-state index contributed by atoms with van der Waals surface area (Å²) in [7, 11) is 3.75. The second kappa shape index (κ2) is 18.1. The summed E-state index contributed by atoms with van der Waals surface area (Å²) in [4.78, 5) is 39.9. The average molecular weight is 612 g/mol. The quantitative estimate of drug-likeness (QED) is 0.290. The molecular formula is C33H57NO9. The van der Waals surface area contributed by atoms with Crippen LogP contribution in [0.1, 0.15) is 74.7 Å². The molecule has 0 spiro atoms. The van der Waals surface area contributed by atoms with Crippen molar-refractivity contribution in [1.29, 1.82) is 0 Å². The summed E-state index contributed by atoms with van der Waals surface area (Å²) >= 11 is 0. The van der Waals surface area contributed by atoms with Crippen LogP contribution in [0.15, 0.2) is 23.8 Å². The summed E-state index contributed by atoms with van der Waals surface area (Å²) in [5, 5.41) is 32.1. The second-order valence-electron chi connectivity index (χ2n) is 12.5. The lowest BCUT2D eigenvalue weighted by molar-refractivity contribution is -0.287. The van der Waals surface area contributed by atoms with Crippen LogP contribution in [0.4, 0.5) is 0 Å². The largest absolute Gasteiger partial charge is 0.462 e. The molecule has 2 heterocycles. The van der Waals surface area contributed by atoms with Gasteiger partial charge in [-0.15, -0.1) is 0 Å². The van der Waals surface area contributed by atoms with Crippen LogP contribution >= 0.6 is 0 Å². The number of cyclic esters (lactones) is 1. The monoisotopic (exact) mass is 611 g/mol. The van der Waals surface area contributed by atoms with E-state index in [1.807, 2.05) is 39.8 Å². The fourth-order valence-corrected chi connectivity index (χ4v) is 6.29. The Balaban J connectivity index is 0.00000924. The van der Waals surface area contributed by atoms with Crippen LogP contribution in [0.2, 0.25) is 0 Å². The van der Waals surface area contributed by atoms with Crippen LogP contribution in [0, 0.1) is 29.6 Å². The van der Waals surface area contributed by atoms with Gasteiger partial charge in [0.1, 0.15) is 12.4 Å². The fourth-order valence-electron chi connectivity index (χ4n) is 6.29. The molecule has 1 fully saturated rings. The van der Waals surface area contributed by atoms with Gasteiger partial charge in [0, 0.05) is 36.1 Å². The van der Waals surface area contributed by atoms with Crippen molar-refractivity contribution in [3.05, 3.63) is 23.8 Å². The molecule has 1 saturated heterocycles. The zero-order valence-electron chi connectivity index (χ0n) is 26.5. The van der Waals surface area contributed by atoms with E-state index < -0.39 is 66.5 Å². The van der Waals surface area contributed by atoms with Crippen molar-refractivity contribution >= 4 is 18.0 Å². The number of aldehydes is 1. The van der Waals surface area contributed by atoms with Gasteiger partial charge in [-0.05, 0) is 52.8 Å². The number of hydrogen-bond acceptors (Lipinski definition) is 10. The minimum absolute atomic E-state index is 0. The smallest absolute Gasteiger partial charge is 0.308 e. The number of aliphatic hydroxyl groups excluding tert-OH is 3. The SMILES string of the molecule is C.CC[C@H]1OC(=O)C[C@@H](O)[C@H](C)[C@@H](O[C@@H]2O[C@H](C)[C@@H](O)[C@H](N(C)C)[C@H]2C)[C@@H](CC=O)C[C@@H](C)C(=O)/C=C/C(C)=C/[C@@H]1CO. The zero-order valence-corrected chi connectivity index (χ0v) is 26.5. The molecule has 12 atom stereocenters. The minimum atomic E-state index is -1.18. The van der Waals surface area contributed by atoms with Gasteiger partial charge in [0.2, 0.25) is 0 Å². The third-order valence-corrected chi connectivity index (χ3v) is 8.90. The van der Waals surface area contributed by atoms with Crippen molar-refractivity contribution in [2.45, 2.75) is 118 Å². The Hall–Kier alpha value is -1.95. The Morgan fingerprint density at radius 2 is 1.74 bits per heavy atom. The molecule has 0 unspecified atom stereocenters. The van der Waals surface area contributed by atoms with Crippen molar-refractivity contribution < 1.29 is 43.9 Å². The lowest BCUT2D eigenvalue weighted by Gasteiger charge is -2.47. The summed E-state index contributed by atoms with van der Waals surface area (Å²) in [6.45, 7) is 10.7. The highest BCUT2D eigenvalue weighted by molar-refractivity contribution is 5.91. The number of aliphatic hydroxyl groups is 3. The zero-order chi connectivity index (χ0) is 31.7. The van der Waals surface area contributed by atoms with E-state index in [0.29, 0.717) is 12.8 Å². The molecule has 10 heteroatoms. The Morgan fingerprint density at radius 3 is 2.30 bits per heavy atom. The van der Waals surface area contributed by atoms with Gasteiger partial charge in [0.25, 0.3) is 0 Å². The lowest BCUT2D eigenvalue weighted by Crippen LogP contribution is -2.59. The maximum atomic E-state index is 13.1. The number of esters is 1. The van der Waals surface area contributed by atoms with E-state index in [9.17, 15) is 29.7 Å². The molecule has 0 radical (unpaired) electrons. The topological polar surface area (TPSA) is 143 Å². The van der Waals surface area contributed by atoms with Gasteiger partial charge >= 0.3 is 5.97 Å². The van der Waals surface area contributed by atoms with Gasteiger partial charge in [0.15, 0.2) is 12.1 Å². The third-order valence-electron chi connectivity index (χ3n) is 8.90. The highest BCUT2D eigenvalue weighted by Gasteiger charge is 2.45. The Morgan fingerprint density at radius 1 is 1.09 bits per heavy atom. The normalized spacial score (nSPS) is 40.6. The molecule has 2 aliphatic rings. The predicted molar refractivity (Wildman–Crippen MR) is 165 cm³/mol. The number of ketones is 1. The molecule has 0 aromatic carbocycles. The van der Waals surface area contributed by atoms with Gasteiger partial charge in [0.05, 0.1) is 37.4 Å². The maximum absolute atomic E-state index is 13.1. The van der Waals surface area contributed by atoms with Gasteiger partial charge in [-0.1, -0.05) is 52.8 Å². The first-order valence-corrected chi connectivity index (χ1v) is 15.2. The number of rotatable bonds is 7. The number of hydrogen-bond donors (Lipinski definition) is 3. The molecule has 0 aromatic rings. The van der Waals surface area contributed by atoms with Gasteiger partial charge in [-0.2, -0.15) is 0 Å². The number of allylic oxidation sites excluding steroid dienone is 3. The van der Waals surface area contributed by atoms with Crippen molar-refractivity contribution in [2.24, 2.45) is 29.6 Å². The van der Waals surface area contributed by atoms with Crippen LogP contribution in [0.3, 0.4) is 0 Å². The van der Waals surface area contributed by atoms with Crippen LogP contribution in [0.5, 0.6) is 0 Å². The van der Waals surface area contributed by atoms with E-state index in [-0.39, 0.29) is 44.6 Å². The number of ether oxygens (including phenoxy) is 3. The molecule has 0 amide bonds. The van der Waals surface area contributed by atoms with Crippen LogP contribution in [-0.2, 0) is 28.6 Å². The molecule has 2 rings (SSSR count). The molecule has 248 valence electrons. The van der Waals surface area contributed by atoms with Gasteiger partial charge < -0.3 is 39.2 Å². The Bertz CT molecular complexity index is 951. The highest BCUT2D eigenvalue weighted by Crippen LogP contribution is 2.36. The molecular weight excluding hydrogens is 554 g/mol. The maximum Gasteiger partial charge on any atom is 0.308 e. The van der Waals surface area contributed by atoms with E-state index in [1.54, 1.807) is 32.9 Å². The standard InChI is InChI=1S/C32H53NO9.CH4/c1-9-27-24(17-35)14-18(2)10-11-25(36)19(3)15-23(12-13-34)31(20(4)26(37)16-28(38)41-27)42-32-21(5)29(33(7)8)30(39)22(6)40-32;/h10-11,13-14,19-24,26-27,29-32,35,37,39H,9,12,15-17H2,1-8H3;1H4/b11-10+,18-14+;/t19-,20+,21-,22-,23+,24-,26-,27-,29-,30-,31-,32+;/m1./s1. The van der Waals surface area contributed by atoms with Crippen molar-refractivity contribution in [1.82, 2.24) is 4.90 Å². The van der Waals surface area contributed by atoms with Crippen molar-refractivity contribution in [2.75, 3.05) is 20.7 Å².